The summed E-state index contributed by atoms with van der Waals surface area (Å²) >= 11 is 0. The summed E-state index contributed by atoms with van der Waals surface area (Å²) in [5.41, 5.74) is 1.28. The van der Waals surface area contributed by atoms with E-state index in [9.17, 15) is 13.2 Å². The number of allylic oxidation sites excluding steroid dienone is 2. The molecular weight excluding hydrogens is 249 g/mol. The number of hydrogen-bond donors (Lipinski definition) is 0. The minimum atomic E-state index is -4.00. The molecular formula is C16H27F3. The molecule has 1 rings (SSSR count). The molecule has 1 saturated carbocycles. The van der Waals surface area contributed by atoms with Crippen LogP contribution in [0.5, 0.6) is 0 Å². The average Bonchev–Trinajstić information content (AvgIpc) is 2.71. The zero-order valence-electron chi connectivity index (χ0n) is 12.4. The predicted octanol–water partition coefficient (Wildman–Crippen LogP) is 6.13. The predicted molar refractivity (Wildman–Crippen MR) is 73.9 cm³/mol. The van der Waals surface area contributed by atoms with Crippen LogP contribution in [0.2, 0.25) is 0 Å². The molecule has 3 unspecified atom stereocenters. The maximum absolute atomic E-state index is 12.5. The van der Waals surface area contributed by atoms with Crippen LogP contribution < -0.4 is 0 Å². The second-order valence-corrected chi connectivity index (χ2v) is 6.27. The lowest BCUT2D eigenvalue weighted by Crippen LogP contribution is -2.18. The number of alkyl halides is 3. The van der Waals surface area contributed by atoms with Crippen LogP contribution in [0.3, 0.4) is 0 Å². The van der Waals surface area contributed by atoms with Crippen molar-refractivity contribution in [1.82, 2.24) is 0 Å². The molecule has 0 aliphatic heterocycles. The van der Waals surface area contributed by atoms with E-state index >= 15 is 0 Å². The third-order valence-electron chi connectivity index (χ3n) is 4.46. The fourth-order valence-electron chi connectivity index (χ4n) is 3.01. The Balaban J connectivity index is 2.46. The SMILES string of the molecule is CCC(C)C/C=C(/C)CC1CCCC1CC(F)(F)F. The Morgan fingerprint density at radius 2 is 1.89 bits per heavy atom. The summed E-state index contributed by atoms with van der Waals surface area (Å²) in [7, 11) is 0. The Bertz CT molecular complexity index is 291. The van der Waals surface area contributed by atoms with Crippen LogP contribution in [0.4, 0.5) is 13.2 Å². The molecule has 0 aromatic rings. The summed E-state index contributed by atoms with van der Waals surface area (Å²) < 4.78 is 37.5. The van der Waals surface area contributed by atoms with E-state index in [2.05, 4.69) is 26.8 Å². The van der Waals surface area contributed by atoms with E-state index in [1.54, 1.807) is 0 Å². The zero-order chi connectivity index (χ0) is 14.5. The minimum Gasteiger partial charge on any atom is -0.171 e. The highest BCUT2D eigenvalue weighted by Gasteiger charge is 2.37. The summed E-state index contributed by atoms with van der Waals surface area (Å²) in [4.78, 5) is 0. The van der Waals surface area contributed by atoms with Crippen LogP contribution in [-0.4, -0.2) is 6.18 Å². The quantitative estimate of drug-likeness (QED) is 0.512. The van der Waals surface area contributed by atoms with Gasteiger partial charge in [-0.2, -0.15) is 13.2 Å². The molecule has 0 spiro atoms. The first-order valence-electron chi connectivity index (χ1n) is 7.54. The first-order valence-corrected chi connectivity index (χ1v) is 7.54. The third kappa shape index (κ3) is 6.49. The summed E-state index contributed by atoms with van der Waals surface area (Å²) in [6, 6.07) is 0. The Labute approximate surface area is 115 Å². The second kappa shape index (κ2) is 7.35. The molecule has 0 aromatic heterocycles. The fourth-order valence-corrected chi connectivity index (χ4v) is 3.01. The summed E-state index contributed by atoms with van der Waals surface area (Å²) in [5, 5.41) is 0. The summed E-state index contributed by atoms with van der Waals surface area (Å²) in [5.74, 6) is 0.770. The largest absolute Gasteiger partial charge is 0.389 e. The van der Waals surface area contributed by atoms with Gasteiger partial charge in [0, 0.05) is 6.42 Å². The molecule has 0 heterocycles. The molecule has 3 heteroatoms. The van der Waals surface area contributed by atoms with Gasteiger partial charge in [-0.3, -0.25) is 0 Å². The van der Waals surface area contributed by atoms with Gasteiger partial charge in [-0.25, -0.2) is 0 Å². The Morgan fingerprint density at radius 3 is 2.47 bits per heavy atom. The van der Waals surface area contributed by atoms with Crippen LogP contribution in [0.15, 0.2) is 11.6 Å². The Hall–Kier alpha value is -0.470. The first kappa shape index (κ1) is 16.6. The topological polar surface area (TPSA) is 0 Å². The van der Waals surface area contributed by atoms with Crippen LogP contribution in [0.25, 0.3) is 0 Å². The van der Waals surface area contributed by atoms with Gasteiger partial charge in [0.2, 0.25) is 0 Å². The van der Waals surface area contributed by atoms with Gasteiger partial charge in [-0.05, 0) is 50.4 Å². The smallest absolute Gasteiger partial charge is 0.171 e. The molecule has 0 radical (unpaired) electrons. The molecule has 0 nitrogen and oxygen atoms in total. The van der Waals surface area contributed by atoms with Crippen molar-refractivity contribution in [3.63, 3.8) is 0 Å². The molecule has 1 aliphatic carbocycles. The molecule has 0 saturated heterocycles. The number of hydrogen-bond acceptors (Lipinski definition) is 0. The lowest BCUT2D eigenvalue weighted by atomic mass is 9.87. The van der Waals surface area contributed by atoms with Gasteiger partial charge >= 0.3 is 6.18 Å². The lowest BCUT2D eigenvalue weighted by Gasteiger charge is -2.21. The van der Waals surface area contributed by atoms with Gasteiger partial charge < -0.3 is 0 Å². The average molecular weight is 276 g/mol. The minimum absolute atomic E-state index is 0.146. The van der Waals surface area contributed by atoms with Crippen molar-refractivity contribution in [2.45, 2.75) is 71.9 Å². The molecule has 0 N–H and O–H groups in total. The van der Waals surface area contributed by atoms with E-state index < -0.39 is 12.6 Å². The zero-order valence-corrected chi connectivity index (χ0v) is 12.4. The highest BCUT2D eigenvalue weighted by molar-refractivity contribution is 5.01. The van der Waals surface area contributed by atoms with Crippen molar-refractivity contribution in [2.24, 2.45) is 17.8 Å². The van der Waals surface area contributed by atoms with E-state index in [0.717, 1.165) is 38.5 Å². The Kier molecular flexibility index (Phi) is 6.41. The van der Waals surface area contributed by atoms with E-state index in [0.29, 0.717) is 5.92 Å². The Morgan fingerprint density at radius 1 is 1.26 bits per heavy atom. The van der Waals surface area contributed by atoms with Gasteiger partial charge in [0.25, 0.3) is 0 Å². The van der Waals surface area contributed by atoms with E-state index in [4.69, 9.17) is 0 Å². The van der Waals surface area contributed by atoms with Gasteiger partial charge in [0.1, 0.15) is 0 Å². The molecule has 3 atom stereocenters. The van der Waals surface area contributed by atoms with Gasteiger partial charge in [0.15, 0.2) is 0 Å². The van der Waals surface area contributed by atoms with Crippen molar-refractivity contribution in [3.8, 4) is 0 Å². The monoisotopic (exact) mass is 276 g/mol. The van der Waals surface area contributed by atoms with Crippen LogP contribution in [0.1, 0.15) is 65.7 Å². The van der Waals surface area contributed by atoms with Crippen molar-refractivity contribution in [2.75, 3.05) is 0 Å². The fraction of sp³-hybridized carbons (Fsp3) is 0.875. The molecule has 19 heavy (non-hydrogen) atoms. The molecule has 0 amide bonds. The number of halogens is 3. The molecule has 0 bridgehead atoms. The van der Waals surface area contributed by atoms with Crippen LogP contribution in [0, 0.1) is 17.8 Å². The molecule has 112 valence electrons. The normalized spacial score (nSPS) is 26.7. The van der Waals surface area contributed by atoms with E-state index in [1.165, 1.54) is 5.57 Å². The summed E-state index contributed by atoms with van der Waals surface area (Å²) in [6.45, 7) is 6.46. The van der Waals surface area contributed by atoms with Gasteiger partial charge in [-0.15, -0.1) is 0 Å². The van der Waals surface area contributed by atoms with Crippen molar-refractivity contribution in [1.29, 1.82) is 0 Å². The molecule has 0 aromatic carbocycles. The van der Waals surface area contributed by atoms with Gasteiger partial charge in [0.05, 0.1) is 0 Å². The maximum Gasteiger partial charge on any atom is 0.389 e. The summed E-state index contributed by atoms with van der Waals surface area (Å²) in [6.07, 6.45) is 3.40. The molecule has 1 fully saturated rings. The highest BCUT2D eigenvalue weighted by Crippen LogP contribution is 2.42. The van der Waals surface area contributed by atoms with Crippen molar-refractivity contribution in [3.05, 3.63) is 11.6 Å². The van der Waals surface area contributed by atoms with Crippen molar-refractivity contribution < 1.29 is 13.2 Å². The lowest BCUT2D eigenvalue weighted by molar-refractivity contribution is -0.146. The van der Waals surface area contributed by atoms with E-state index in [1.807, 2.05) is 0 Å². The van der Waals surface area contributed by atoms with Crippen molar-refractivity contribution >= 4 is 0 Å². The second-order valence-electron chi connectivity index (χ2n) is 6.27. The van der Waals surface area contributed by atoms with Gasteiger partial charge in [-0.1, -0.05) is 38.3 Å². The van der Waals surface area contributed by atoms with Crippen LogP contribution in [-0.2, 0) is 0 Å². The highest BCUT2D eigenvalue weighted by atomic mass is 19.4. The third-order valence-corrected chi connectivity index (χ3v) is 4.46. The first-order chi connectivity index (χ1) is 8.81. The molecule has 1 aliphatic rings. The van der Waals surface area contributed by atoms with E-state index in [-0.39, 0.29) is 11.8 Å². The van der Waals surface area contributed by atoms with Crippen LogP contribution >= 0.6 is 0 Å². The number of rotatable bonds is 6. The maximum atomic E-state index is 12.5. The standard InChI is InChI=1S/C16H27F3/c1-4-12(2)8-9-13(3)10-14-6-5-7-15(14)11-16(17,18)19/h9,12,14-15H,4-8,10-11H2,1-3H3/b13-9-.